The number of hydrogen-bond acceptors (Lipinski definition) is 2. The van der Waals surface area contributed by atoms with Gasteiger partial charge < -0.3 is 4.74 Å². The van der Waals surface area contributed by atoms with Crippen molar-refractivity contribution in [2.45, 2.75) is 45.3 Å². The van der Waals surface area contributed by atoms with Gasteiger partial charge >= 0.3 is 0 Å². The summed E-state index contributed by atoms with van der Waals surface area (Å²) in [7, 11) is 0. The van der Waals surface area contributed by atoms with Crippen molar-refractivity contribution in [1.29, 1.82) is 0 Å². The minimum Gasteiger partial charge on any atom is -0.374 e. The van der Waals surface area contributed by atoms with Crippen molar-refractivity contribution in [3.63, 3.8) is 0 Å². The first-order chi connectivity index (χ1) is 4.72. The summed E-state index contributed by atoms with van der Waals surface area (Å²) in [5, 5.41) is 0. The molecule has 0 aromatic carbocycles. The van der Waals surface area contributed by atoms with Crippen LogP contribution in [0.5, 0.6) is 0 Å². The maximum Gasteiger partial charge on any atom is 0.138 e. The molecule has 2 nitrogen and oxygen atoms in total. The average Bonchev–Trinajstić information content (AvgIpc) is 1.85. The van der Waals surface area contributed by atoms with Crippen molar-refractivity contribution < 1.29 is 9.53 Å². The summed E-state index contributed by atoms with van der Waals surface area (Å²) in [6.45, 7) is 4.01. The second-order valence-corrected chi connectivity index (χ2v) is 2.92. The second-order valence-electron chi connectivity index (χ2n) is 2.92. The number of ketones is 1. The number of Topliss-reactive ketones (excluding diaryl/α,β-unsaturated/α-hetero) is 1. The number of hydrogen-bond donors (Lipinski definition) is 0. The molecule has 2 atom stereocenters. The summed E-state index contributed by atoms with van der Waals surface area (Å²) in [6.07, 6.45) is 2.52. The Morgan fingerprint density at radius 1 is 1.60 bits per heavy atom. The molecule has 0 aromatic rings. The predicted molar refractivity (Wildman–Crippen MR) is 38.9 cm³/mol. The van der Waals surface area contributed by atoms with E-state index in [4.69, 9.17) is 4.74 Å². The van der Waals surface area contributed by atoms with Crippen LogP contribution in [0, 0.1) is 0 Å². The van der Waals surface area contributed by atoms with Gasteiger partial charge in [0, 0.05) is 12.8 Å². The standard InChI is InChI=1S/C8H14O2/c1-3-8-5-7(9)4-6(2)10-8/h6,8H,3-5H2,1-2H3. The van der Waals surface area contributed by atoms with Crippen LogP contribution in [0.1, 0.15) is 33.1 Å². The van der Waals surface area contributed by atoms with Gasteiger partial charge in [-0.05, 0) is 13.3 Å². The largest absolute Gasteiger partial charge is 0.374 e. The van der Waals surface area contributed by atoms with Crippen LogP contribution in [-0.4, -0.2) is 18.0 Å². The smallest absolute Gasteiger partial charge is 0.138 e. The summed E-state index contributed by atoms with van der Waals surface area (Å²) in [6, 6.07) is 0. The van der Waals surface area contributed by atoms with E-state index in [1.165, 1.54) is 0 Å². The van der Waals surface area contributed by atoms with Crippen LogP contribution in [0.4, 0.5) is 0 Å². The lowest BCUT2D eigenvalue weighted by Crippen LogP contribution is -2.30. The summed E-state index contributed by atoms with van der Waals surface area (Å²) >= 11 is 0. The van der Waals surface area contributed by atoms with E-state index in [9.17, 15) is 4.79 Å². The SMILES string of the molecule is CCC1CC(=O)CC(C)O1. The molecule has 0 spiro atoms. The summed E-state index contributed by atoms with van der Waals surface area (Å²) in [5.41, 5.74) is 0. The molecule has 0 radical (unpaired) electrons. The first-order valence-electron chi connectivity index (χ1n) is 3.89. The fraction of sp³-hybridized carbons (Fsp3) is 0.875. The van der Waals surface area contributed by atoms with Gasteiger partial charge in [0.15, 0.2) is 0 Å². The van der Waals surface area contributed by atoms with Gasteiger partial charge in [0.05, 0.1) is 12.2 Å². The average molecular weight is 142 g/mol. The Kier molecular flexibility index (Phi) is 2.44. The third kappa shape index (κ3) is 1.81. The minimum atomic E-state index is 0.145. The van der Waals surface area contributed by atoms with Gasteiger partial charge in [-0.2, -0.15) is 0 Å². The molecule has 0 N–H and O–H groups in total. The molecule has 1 aliphatic rings. The lowest BCUT2D eigenvalue weighted by molar-refractivity contribution is -0.134. The van der Waals surface area contributed by atoms with Gasteiger partial charge in [-0.25, -0.2) is 0 Å². The van der Waals surface area contributed by atoms with Gasteiger partial charge in [0.2, 0.25) is 0 Å². The first kappa shape index (κ1) is 7.73. The Balaban J connectivity index is 2.42. The highest BCUT2D eigenvalue weighted by Crippen LogP contribution is 2.17. The van der Waals surface area contributed by atoms with Crippen LogP contribution in [0.3, 0.4) is 0 Å². The molecule has 1 saturated heterocycles. The van der Waals surface area contributed by atoms with Crippen molar-refractivity contribution in [2.75, 3.05) is 0 Å². The zero-order valence-electron chi connectivity index (χ0n) is 6.59. The maximum absolute atomic E-state index is 11.0. The topological polar surface area (TPSA) is 26.3 Å². The molecular weight excluding hydrogens is 128 g/mol. The number of ether oxygens (including phenoxy) is 1. The van der Waals surface area contributed by atoms with Gasteiger partial charge in [-0.1, -0.05) is 6.92 Å². The fourth-order valence-corrected chi connectivity index (χ4v) is 1.32. The van der Waals surface area contributed by atoms with E-state index in [1.54, 1.807) is 0 Å². The molecule has 0 bridgehead atoms. The third-order valence-corrected chi connectivity index (χ3v) is 1.85. The quantitative estimate of drug-likeness (QED) is 0.555. The molecule has 0 amide bonds. The van der Waals surface area contributed by atoms with Crippen molar-refractivity contribution in [3.05, 3.63) is 0 Å². The van der Waals surface area contributed by atoms with Crippen molar-refractivity contribution in [1.82, 2.24) is 0 Å². The van der Waals surface area contributed by atoms with Crippen molar-refractivity contribution in [3.8, 4) is 0 Å². The van der Waals surface area contributed by atoms with E-state index in [1.807, 2.05) is 6.92 Å². The van der Waals surface area contributed by atoms with Crippen LogP contribution in [0.15, 0.2) is 0 Å². The fourth-order valence-electron chi connectivity index (χ4n) is 1.32. The maximum atomic E-state index is 11.0. The zero-order valence-corrected chi connectivity index (χ0v) is 6.59. The van der Waals surface area contributed by atoms with E-state index in [0.29, 0.717) is 18.6 Å². The second kappa shape index (κ2) is 3.15. The number of carbonyl (C=O) groups excluding carboxylic acids is 1. The molecule has 1 rings (SSSR count). The monoisotopic (exact) mass is 142 g/mol. The van der Waals surface area contributed by atoms with Gasteiger partial charge in [0.25, 0.3) is 0 Å². The molecule has 58 valence electrons. The zero-order chi connectivity index (χ0) is 7.56. The molecule has 0 aliphatic carbocycles. The van der Waals surface area contributed by atoms with Gasteiger partial charge in [-0.3, -0.25) is 4.79 Å². The number of carbonyl (C=O) groups is 1. The predicted octanol–water partition coefficient (Wildman–Crippen LogP) is 1.53. The molecule has 2 heteroatoms. The van der Waals surface area contributed by atoms with E-state index in [-0.39, 0.29) is 12.2 Å². The Hall–Kier alpha value is -0.370. The van der Waals surface area contributed by atoms with Gasteiger partial charge in [0.1, 0.15) is 5.78 Å². The summed E-state index contributed by atoms with van der Waals surface area (Å²) in [4.78, 5) is 11.0. The highest BCUT2D eigenvalue weighted by molar-refractivity contribution is 5.79. The first-order valence-corrected chi connectivity index (χ1v) is 3.89. The Labute approximate surface area is 61.6 Å². The molecule has 1 fully saturated rings. The van der Waals surface area contributed by atoms with E-state index in [0.717, 1.165) is 6.42 Å². The minimum absolute atomic E-state index is 0.145. The Morgan fingerprint density at radius 3 is 2.80 bits per heavy atom. The van der Waals surface area contributed by atoms with Crippen LogP contribution >= 0.6 is 0 Å². The Bertz CT molecular complexity index is 131. The molecule has 0 aromatic heterocycles. The van der Waals surface area contributed by atoms with Crippen LogP contribution in [0.25, 0.3) is 0 Å². The summed E-state index contributed by atoms with van der Waals surface area (Å²) < 4.78 is 5.48. The van der Waals surface area contributed by atoms with Crippen molar-refractivity contribution in [2.24, 2.45) is 0 Å². The highest BCUT2D eigenvalue weighted by Gasteiger charge is 2.23. The molecule has 1 aliphatic heterocycles. The third-order valence-electron chi connectivity index (χ3n) is 1.85. The van der Waals surface area contributed by atoms with E-state index >= 15 is 0 Å². The van der Waals surface area contributed by atoms with Crippen LogP contribution < -0.4 is 0 Å². The van der Waals surface area contributed by atoms with Gasteiger partial charge in [-0.15, -0.1) is 0 Å². The highest BCUT2D eigenvalue weighted by atomic mass is 16.5. The van der Waals surface area contributed by atoms with Crippen LogP contribution in [0.2, 0.25) is 0 Å². The molecule has 0 saturated carbocycles. The molecular formula is C8H14O2. The summed E-state index contributed by atoms with van der Waals surface area (Å²) in [5.74, 6) is 0.352. The molecule has 10 heavy (non-hydrogen) atoms. The molecule has 1 heterocycles. The normalized spacial score (nSPS) is 34.4. The van der Waals surface area contributed by atoms with Crippen molar-refractivity contribution >= 4 is 5.78 Å². The Morgan fingerprint density at radius 2 is 2.30 bits per heavy atom. The number of rotatable bonds is 1. The molecule has 2 unspecified atom stereocenters. The van der Waals surface area contributed by atoms with Crippen LogP contribution in [-0.2, 0) is 9.53 Å². The lowest BCUT2D eigenvalue weighted by atomic mass is 10.0. The lowest BCUT2D eigenvalue weighted by Gasteiger charge is -2.25. The van der Waals surface area contributed by atoms with E-state index in [2.05, 4.69) is 6.92 Å². The van der Waals surface area contributed by atoms with E-state index < -0.39 is 0 Å².